The molecule has 0 atom stereocenters. The highest BCUT2D eigenvalue weighted by molar-refractivity contribution is 7.94. The second kappa shape index (κ2) is 7.00. The summed E-state index contributed by atoms with van der Waals surface area (Å²) in [4.78, 5) is 8.85. The van der Waals surface area contributed by atoms with Crippen molar-refractivity contribution in [1.29, 1.82) is 0 Å². The molecule has 0 aliphatic heterocycles. The zero-order valence-electron chi connectivity index (χ0n) is 14.1. The normalized spacial score (nSPS) is 14.2. The van der Waals surface area contributed by atoms with Gasteiger partial charge in [0.15, 0.2) is 0 Å². The second-order valence-corrected chi connectivity index (χ2v) is 6.89. The molecule has 1 heterocycles. The molecule has 0 amide bonds. The van der Waals surface area contributed by atoms with Crippen LogP contribution in [0.5, 0.6) is 5.75 Å². The molecule has 0 radical (unpaired) electrons. The van der Waals surface area contributed by atoms with E-state index in [1.54, 1.807) is 13.4 Å². The van der Waals surface area contributed by atoms with E-state index in [-0.39, 0.29) is 0 Å². The summed E-state index contributed by atoms with van der Waals surface area (Å²) in [5, 5.41) is 6.81. The lowest BCUT2D eigenvalue weighted by Crippen LogP contribution is -2.19. The Morgan fingerprint density at radius 1 is 1.16 bits per heavy atom. The van der Waals surface area contributed by atoms with Gasteiger partial charge < -0.3 is 4.74 Å². The minimum absolute atomic E-state index is 0.635. The summed E-state index contributed by atoms with van der Waals surface area (Å²) in [6.07, 6.45) is 4.10. The van der Waals surface area contributed by atoms with Crippen molar-refractivity contribution in [3.05, 3.63) is 54.4 Å². The first-order chi connectivity index (χ1) is 12.3. The maximum absolute atomic E-state index is 5.78. The highest BCUT2D eigenvalue weighted by Crippen LogP contribution is 2.32. The molecule has 1 aliphatic rings. The van der Waals surface area contributed by atoms with E-state index in [1.165, 1.54) is 30.5 Å². The van der Waals surface area contributed by atoms with E-state index < -0.39 is 0 Å². The van der Waals surface area contributed by atoms with Crippen molar-refractivity contribution in [2.45, 2.75) is 25.4 Å². The lowest BCUT2D eigenvalue weighted by molar-refractivity contribution is 0.415. The van der Waals surface area contributed by atoms with Crippen molar-refractivity contribution < 1.29 is 4.74 Å². The third-order valence-corrected chi connectivity index (χ3v) is 5.20. The van der Waals surface area contributed by atoms with Gasteiger partial charge in [-0.15, -0.1) is 0 Å². The molecular formula is C19H20N4OS. The standard InChI is InChI=1S/C19H20N4OS/c1-24-16-8-9-17-18(10-16)21-12-22-19(17)14-4-2-13(3-5-14)11-23(25-20)15-6-7-15/h2-5,8-10,12,15H,6-7,11,20H2,1H3. The number of hydrogen-bond donors (Lipinski definition) is 1. The van der Waals surface area contributed by atoms with E-state index in [4.69, 9.17) is 9.88 Å². The molecule has 3 aromatic rings. The number of benzene rings is 2. The molecule has 5 nitrogen and oxygen atoms in total. The molecule has 25 heavy (non-hydrogen) atoms. The molecule has 1 aromatic heterocycles. The smallest absolute Gasteiger partial charge is 0.121 e. The van der Waals surface area contributed by atoms with Crippen LogP contribution in [0.4, 0.5) is 0 Å². The molecular weight excluding hydrogens is 332 g/mol. The van der Waals surface area contributed by atoms with Crippen molar-refractivity contribution in [3.8, 4) is 17.0 Å². The van der Waals surface area contributed by atoms with Crippen molar-refractivity contribution in [2.75, 3.05) is 7.11 Å². The maximum atomic E-state index is 5.78. The molecule has 0 spiro atoms. The Bertz CT molecular complexity index is 880. The summed E-state index contributed by atoms with van der Waals surface area (Å²) in [6, 6.07) is 15.1. The molecule has 4 rings (SSSR count). The van der Waals surface area contributed by atoms with Crippen LogP contribution >= 0.6 is 12.1 Å². The van der Waals surface area contributed by atoms with E-state index in [9.17, 15) is 0 Å². The number of ether oxygens (including phenoxy) is 1. The monoisotopic (exact) mass is 352 g/mol. The van der Waals surface area contributed by atoms with Crippen LogP contribution in [-0.4, -0.2) is 27.4 Å². The van der Waals surface area contributed by atoms with E-state index in [2.05, 4.69) is 38.5 Å². The van der Waals surface area contributed by atoms with Crippen LogP contribution in [0.1, 0.15) is 18.4 Å². The summed E-state index contributed by atoms with van der Waals surface area (Å²) in [5.74, 6) is 0.798. The Morgan fingerprint density at radius 3 is 2.64 bits per heavy atom. The predicted molar refractivity (Wildman–Crippen MR) is 102 cm³/mol. The van der Waals surface area contributed by atoms with Gasteiger partial charge in [-0.2, -0.15) is 0 Å². The molecule has 2 aromatic carbocycles. The second-order valence-electron chi connectivity index (χ2n) is 6.21. The zero-order chi connectivity index (χ0) is 17.2. The molecule has 128 valence electrons. The van der Waals surface area contributed by atoms with Crippen LogP contribution < -0.4 is 9.88 Å². The van der Waals surface area contributed by atoms with Crippen LogP contribution in [0.3, 0.4) is 0 Å². The van der Waals surface area contributed by atoms with Gasteiger partial charge >= 0.3 is 0 Å². The number of rotatable bonds is 6. The Labute approximate surface area is 151 Å². The van der Waals surface area contributed by atoms with Crippen molar-refractivity contribution in [1.82, 2.24) is 14.3 Å². The van der Waals surface area contributed by atoms with Gasteiger partial charge in [0.1, 0.15) is 12.1 Å². The maximum Gasteiger partial charge on any atom is 0.121 e. The first kappa shape index (κ1) is 16.3. The summed E-state index contributed by atoms with van der Waals surface area (Å²) in [6.45, 7) is 0.869. The van der Waals surface area contributed by atoms with Crippen LogP contribution in [0.2, 0.25) is 0 Å². The van der Waals surface area contributed by atoms with Crippen molar-refractivity contribution in [3.63, 3.8) is 0 Å². The fourth-order valence-electron chi connectivity index (χ4n) is 2.96. The fourth-order valence-corrected chi connectivity index (χ4v) is 3.56. The quantitative estimate of drug-likeness (QED) is 0.681. The third-order valence-electron chi connectivity index (χ3n) is 4.50. The average Bonchev–Trinajstić information content (AvgIpc) is 3.51. The number of nitrogens with zero attached hydrogens (tertiary/aromatic N) is 3. The minimum Gasteiger partial charge on any atom is -0.497 e. The first-order valence-electron chi connectivity index (χ1n) is 8.30. The highest BCUT2D eigenvalue weighted by atomic mass is 32.2. The minimum atomic E-state index is 0.635. The molecule has 0 saturated heterocycles. The molecule has 2 N–H and O–H groups in total. The van der Waals surface area contributed by atoms with Gasteiger partial charge in [0.25, 0.3) is 0 Å². The number of fused-ring (bicyclic) bond motifs is 1. The highest BCUT2D eigenvalue weighted by Gasteiger charge is 2.28. The Kier molecular flexibility index (Phi) is 4.57. The number of hydrogen-bond acceptors (Lipinski definition) is 6. The Balaban J connectivity index is 1.62. The Hall–Kier alpha value is -2.15. The lowest BCUT2D eigenvalue weighted by Gasteiger charge is -2.17. The number of methoxy groups -OCH3 is 1. The van der Waals surface area contributed by atoms with E-state index in [0.29, 0.717) is 6.04 Å². The molecule has 6 heteroatoms. The van der Waals surface area contributed by atoms with Crippen molar-refractivity contribution >= 4 is 23.0 Å². The fraction of sp³-hybridized carbons (Fsp3) is 0.263. The Morgan fingerprint density at radius 2 is 1.96 bits per heavy atom. The molecule has 1 saturated carbocycles. The van der Waals surface area contributed by atoms with E-state index in [1.807, 2.05) is 18.2 Å². The first-order valence-corrected chi connectivity index (χ1v) is 9.13. The van der Waals surface area contributed by atoms with Crippen LogP contribution in [0.15, 0.2) is 48.8 Å². The molecule has 0 unspecified atom stereocenters. The largest absolute Gasteiger partial charge is 0.497 e. The van der Waals surface area contributed by atoms with Gasteiger partial charge in [-0.1, -0.05) is 24.3 Å². The van der Waals surface area contributed by atoms with Gasteiger partial charge in [-0.25, -0.2) is 14.3 Å². The summed E-state index contributed by atoms with van der Waals surface area (Å²) >= 11 is 1.34. The third kappa shape index (κ3) is 3.46. The van der Waals surface area contributed by atoms with Gasteiger partial charge in [0, 0.05) is 41.7 Å². The van der Waals surface area contributed by atoms with Gasteiger partial charge in [-0.05, 0) is 30.5 Å². The van der Waals surface area contributed by atoms with Crippen LogP contribution in [-0.2, 0) is 6.54 Å². The SMILES string of the molecule is COc1ccc2c(-c3ccc(CN(SN)C4CC4)cc3)ncnc2c1. The van der Waals surface area contributed by atoms with Crippen LogP contribution in [0, 0.1) is 0 Å². The van der Waals surface area contributed by atoms with Gasteiger partial charge in [0.05, 0.1) is 18.3 Å². The molecule has 0 bridgehead atoms. The molecule has 1 fully saturated rings. The zero-order valence-corrected chi connectivity index (χ0v) is 14.9. The van der Waals surface area contributed by atoms with E-state index in [0.717, 1.165) is 34.5 Å². The van der Waals surface area contributed by atoms with Gasteiger partial charge in [-0.3, -0.25) is 5.14 Å². The average molecular weight is 352 g/mol. The summed E-state index contributed by atoms with van der Waals surface area (Å²) in [5.41, 5.74) is 4.16. The number of nitrogens with two attached hydrogens (primary N) is 1. The summed E-state index contributed by atoms with van der Waals surface area (Å²) in [7, 11) is 1.66. The number of aromatic nitrogens is 2. The van der Waals surface area contributed by atoms with Crippen molar-refractivity contribution in [2.24, 2.45) is 5.14 Å². The van der Waals surface area contributed by atoms with E-state index >= 15 is 0 Å². The van der Waals surface area contributed by atoms with Crippen LogP contribution in [0.25, 0.3) is 22.2 Å². The summed E-state index contributed by atoms with van der Waals surface area (Å²) < 4.78 is 7.53. The molecule has 1 aliphatic carbocycles. The predicted octanol–water partition coefficient (Wildman–Crippen LogP) is 3.79. The lowest BCUT2D eigenvalue weighted by atomic mass is 10.0. The topological polar surface area (TPSA) is 64.3 Å². The van der Waals surface area contributed by atoms with Gasteiger partial charge in [0.2, 0.25) is 0 Å².